The maximum absolute atomic E-state index is 5.88. The quantitative estimate of drug-likeness (QED) is 0.572. The summed E-state index contributed by atoms with van der Waals surface area (Å²) in [7, 11) is 0. The summed E-state index contributed by atoms with van der Waals surface area (Å²) in [5.74, 6) is 0. The molecule has 0 heterocycles. The average Bonchev–Trinajstić information content (AvgIpc) is 0.918. The summed E-state index contributed by atoms with van der Waals surface area (Å²) in [5.41, 5.74) is 11.8. The normalized spacial score (nSPS) is 3.60. The molecule has 0 amide bonds. The molecule has 4 heteroatoms. The van der Waals surface area contributed by atoms with E-state index in [-0.39, 0.29) is 48.8 Å². The first kappa shape index (κ1) is 16.3. The van der Waals surface area contributed by atoms with E-state index in [0.717, 1.165) is 0 Å². The van der Waals surface area contributed by atoms with Gasteiger partial charge < -0.3 is 11.5 Å². The van der Waals surface area contributed by atoms with Gasteiger partial charge in [0.1, 0.15) is 0 Å². The largest absolute Gasteiger partial charge is 0.696 e. The molecule has 0 aromatic rings. The third kappa shape index (κ3) is 34.2. The molecule has 0 aromatic carbocycles. The van der Waals surface area contributed by atoms with E-state index < -0.39 is 0 Å². The maximum atomic E-state index is 5.88. The van der Waals surface area contributed by atoms with Crippen LogP contribution < -0.4 is 0 Å². The van der Waals surface area contributed by atoms with Gasteiger partial charge in [0.05, 0.1) is 0 Å². The van der Waals surface area contributed by atoms with Crippen molar-refractivity contribution in [3.63, 3.8) is 0 Å². The van der Waals surface area contributed by atoms with E-state index in [4.69, 9.17) is 11.5 Å². The Balaban J connectivity index is -0.0000000200. The van der Waals surface area contributed by atoms with Gasteiger partial charge in [0.2, 0.25) is 0 Å². The van der Waals surface area contributed by atoms with Crippen LogP contribution in [0.5, 0.6) is 0 Å². The number of nitrogens with one attached hydrogen (secondary N) is 2. The first-order valence-electron chi connectivity index (χ1n) is 0.707. The topological polar surface area (TPSA) is 47.6 Å². The molecule has 0 spiro atoms. The van der Waals surface area contributed by atoms with Gasteiger partial charge in [-0.15, -0.1) is 0 Å². The average molecular weight is 412 g/mol. The Kier molecular flexibility index (Phi) is 60.3. The molecule has 2 N–H and O–H groups in total. The third-order valence-electron chi connectivity index (χ3n) is 0. The van der Waals surface area contributed by atoms with Crippen molar-refractivity contribution in [1.29, 1.82) is 0 Å². The molecule has 0 atom stereocenters. The fourth-order valence-electron chi connectivity index (χ4n) is 0. The molecule has 0 fully saturated rings. The van der Waals surface area contributed by atoms with E-state index in [1.54, 1.807) is 0 Å². The second kappa shape index (κ2) is 18.5. The van der Waals surface area contributed by atoms with Crippen LogP contribution in [-0.4, -0.2) is 6.67 Å². The Labute approximate surface area is 60.2 Å². The maximum Gasteiger partial charge on any atom is 0 e. The summed E-state index contributed by atoms with van der Waals surface area (Å²) >= 11 is 0. The number of rotatable bonds is 0. The fourth-order valence-corrected chi connectivity index (χ4v) is 0. The molecule has 32 valence electrons. The molecule has 0 bridgehead atoms. The van der Waals surface area contributed by atoms with E-state index >= 15 is 0 Å². The van der Waals surface area contributed by atoms with E-state index in [1.807, 2.05) is 0 Å². The first-order chi connectivity index (χ1) is 1.41. The van der Waals surface area contributed by atoms with Gasteiger partial charge in [-0.05, 0) is 0 Å². The van der Waals surface area contributed by atoms with Crippen molar-refractivity contribution < 1.29 is 42.1 Å². The zero-order chi connectivity index (χ0) is 2.71. The van der Waals surface area contributed by atoms with Gasteiger partial charge in [0.15, 0.2) is 0 Å². The number of hydrogen-bond acceptors (Lipinski definition) is 0. The Bertz CT molecular complexity index is 7.61. The molecule has 5 heavy (non-hydrogen) atoms. The van der Waals surface area contributed by atoms with Crippen molar-refractivity contribution in [3.8, 4) is 0 Å². The molecule has 0 unspecified atom stereocenters. The van der Waals surface area contributed by atoms with E-state index in [9.17, 15) is 0 Å². The second-order valence-corrected chi connectivity index (χ2v) is 0.177. The van der Waals surface area contributed by atoms with Crippen LogP contribution in [0.25, 0.3) is 11.5 Å². The minimum absolute atomic E-state index is 0. The molecule has 0 aliphatic rings. The smallest absolute Gasteiger partial charge is 0 e. The predicted molar refractivity (Wildman–Crippen MR) is 13.5 cm³/mol. The van der Waals surface area contributed by atoms with Crippen molar-refractivity contribution in [2.45, 2.75) is 0 Å². The van der Waals surface area contributed by atoms with Crippen LogP contribution in [0, 0.1) is 0 Å². The summed E-state index contributed by atoms with van der Waals surface area (Å²) in [6.45, 7) is -0.250. The van der Waals surface area contributed by atoms with Gasteiger partial charge in [-0.1, -0.05) is 0 Å². The number of hydrogen-bond donors (Lipinski definition) is 0. The van der Waals surface area contributed by atoms with Crippen LogP contribution in [-0.2, 0) is 42.1 Å². The van der Waals surface area contributed by atoms with Gasteiger partial charge in [0, 0.05) is 42.1 Å². The Hall–Kier alpha value is 1.30. The van der Waals surface area contributed by atoms with Crippen LogP contribution in [0.2, 0.25) is 0 Å². The van der Waals surface area contributed by atoms with Crippen LogP contribution in [0.3, 0.4) is 0 Å². The molecule has 0 aliphatic carbocycles. The molecule has 0 saturated heterocycles. The first-order valence-corrected chi connectivity index (χ1v) is 0.707. The van der Waals surface area contributed by atoms with Crippen LogP contribution in [0.4, 0.5) is 0 Å². The minimum atomic E-state index is -0.250. The van der Waals surface area contributed by atoms with Crippen molar-refractivity contribution in [2.24, 2.45) is 0 Å². The molecule has 0 saturated carbocycles. The predicted octanol–water partition coefficient (Wildman–Crippen LogP) is 1.04. The standard InChI is InChI=1S/CH4N2.2W/c2-1-3;;/h2-3H,1H2;;/q-2;;. The SMILES string of the molecule is [NH-]C[NH-].[W].[W]. The van der Waals surface area contributed by atoms with E-state index in [2.05, 4.69) is 0 Å². The molecular weight excluding hydrogens is 408 g/mol. The van der Waals surface area contributed by atoms with Crippen LogP contribution in [0.1, 0.15) is 0 Å². The fraction of sp³-hybridized carbons (Fsp3) is 1.00. The Morgan fingerprint density at radius 2 is 1.00 bits per heavy atom. The Morgan fingerprint density at radius 1 is 1.00 bits per heavy atom. The summed E-state index contributed by atoms with van der Waals surface area (Å²) < 4.78 is 0. The van der Waals surface area contributed by atoms with Crippen molar-refractivity contribution in [2.75, 3.05) is 6.67 Å². The monoisotopic (exact) mass is 412 g/mol. The van der Waals surface area contributed by atoms with Crippen LogP contribution in [0.15, 0.2) is 0 Å². The van der Waals surface area contributed by atoms with Gasteiger partial charge in [0.25, 0.3) is 0 Å². The van der Waals surface area contributed by atoms with Crippen LogP contribution >= 0.6 is 0 Å². The molecule has 0 aromatic heterocycles. The third-order valence-corrected chi connectivity index (χ3v) is 0. The summed E-state index contributed by atoms with van der Waals surface area (Å²) in [5, 5.41) is 0. The molecule has 2 nitrogen and oxygen atoms in total. The van der Waals surface area contributed by atoms with Crippen molar-refractivity contribution >= 4 is 0 Å². The second-order valence-electron chi connectivity index (χ2n) is 0.177. The Morgan fingerprint density at radius 3 is 1.00 bits per heavy atom. The van der Waals surface area contributed by atoms with Crippen molar-refractivity contribution in [1.82, 2.24) is 0 Å². The molecule has 0 aliphatic heterocycles. The van der Waals surface area contributed by atoms with Gasteiger partial charge >= 0.3 is 0 Å². The van der Waals surface area contributed by atoms with Crippen molar-refractivity contribution in [3.05, 3.63) is 11.5 Å². The van der Waals surface area contributed by atoms with Gasteiger partial charge in [-0.2, -0.15) is 0 Å². The molecule has 0 radical (unpaired) electrons. The minimum Gasteiger partial charge on any atom is -0.696 e. The molecular formula is CH4N2W2-2. The summed E-state index contributed by atoms with van der Waals surface area (Å²) in [6.07, 6.45) is 0. The van der Waals surface area contributed by atoms with Gasteiger partial charge in [-0.3, -0.25) is 6.67 Å². The summed E-state index contributed by atoms with van der Waals surface area (Å²) in [4.78, 5) is 0. The summed E-state index contributed by atoms with van der Waals surface area (Å²) in [6, 6.07) is 0. The zero-order valence-electron chi connectivity index (χ0n) is 2.52. The van der Waals surface area contributed by atoms with Gasteiger partial charge in [-0.25, -0.2) is 0 Å². The molecule has 0 rings (SSSR count). The van der Waals surface area contributed by atoms with E-state index in [1.165, 1.54) is 0 Å². The zero-order valence-corrected chi connectivity index (χ0v) is 8.39. The van der Waals surface area contributed by atoms with E-state index in [0.29, 0.717) is 0 Å².